The smallest absolute Gasteiger partial charge is 0.303 e. The topological polar surface area (TPSA) is 77.9 Å². The van der Waals surface area contributed by atoms with Crippen molar-refractivity contribution < 1.29 is 12.9 Å². The molecule has 0 amide bonds. The highest BCUT2D eigenvalue weighted by Gasteiger charge is 2.25. The van der Waals surface area contributed by atoms with Gasteiger partial charge in [-0.15, -0.1) is 0 Å². The second-order valence-corrected chi connectivity index (χ2v) is 8.44. The Labute approximate surface area is 171 Å². The second-order valence-electron chi connectivity index (χ2n) is 7.81. The lowest BCUT2D eigenvalue weighted by Gasteiger charge is -2.35. The van der Waals surface area contributed by atoms with Crippen LogP contribution in [0.1, 0.15) is 44.9 Å². The molecule has 1 saturated carbocycles. The van der Waals surface area contributed by atoms with Crippen LogP contribution in [0.2, 0.25) is 0 Å². The second kappa shape index (κ2) is 11.8. The summed E-state index contributed by atoms with van der Waals surface area (Å²) in [6.07, 6.45) is 9.52. The molecule has 2 heterocycles. The molecule has 3 rings (SSSR count). The number of hydrogen-bond donors (Lipinski definition) is 2. The number of piperazine rings is 1. The maximum Gasteiger partial charge on any atom is 0.303 e. The first-order chi connectivity index (χ1) is 13.7. The Balaban J connectivity index is 1.30. The van der Waals surface area contributed by atoms with E-state index in [0.717, 1.165) is 70.8 Å². The Bertz CT molecular complexity index is 578. The van der Waals surface area contributed by atoms with E-state index < -0.39 is 11.4 Å². The predicted octanol–water partition coefficient (Wildman–Crippen LogP) is 2.63. The number of rotatable bonds is 10. The van der Waals surface area contributed by atoms with Gasteiger partial charge in [0.15, 0.2) is 0 Å². The molecule has 158 valence electrons. The maximum atomic E-state index is 11.1. The molecule has 2 aliphatic rings. The molecule has 1 aromatic heterocycles. The first kappa shape index (κ1) is 21.6. The fourth-order valence-corrected chi connectivity index (χ4v) is 4.65. The zero-order chi connectivity index (χ0) is 19.6. The van der Waals surface area contributed by atoms with Crippen LogP contribution in [0.25, 0.3) is 0 Å². The quantitative estimate of drug-likeness (QED) is 0.349. The Morgan fingerprint density at radius 3 is 2.64 bits per heavy atom. The third kappa shape index (κ3) is 7.08. The molecular formula is C20H34N4O3S. The first-order valence-corrected chi connectivity index (χ1v) is 11.7. The Morgan fingerprint density at radius 1 is 1.18 bits per heavy atom. The van der Waals surface area contributed by atoms with Gasteiger partial charge in [0.25, 0.3) is 0 Å². The molecule has 2 fully saturated rings. The minimum absolute atomic E-state index is 0.298. The molecule has 0 bridgehead atoms. The maximum absolute atomic E-state index is 11.1. The summed E-state index contributed by atoms with van der Waals surface area (Å²) in [4.78, 5) is 9.29. The molecule has 2 unspecified atom stereocenters. The van der Waals surface area contributed by atoms with E-state index in [2.05, 4.69) is 26.2 Å². The van der Waals surface area contributed by atoms with E-state index in [9.17, 15) is 4.21 Å². The van der Waals surface area contributed by atoms with Gasteiger partial charge in [0, 0.05) is 32.4 Å². The van der Waals surface area contributed by atoms with Crippen LogP contribution in [0, 0.1) is 5.92 Å². The van der Waals surface area contributed by atoms with Crippen molar-refractivity contribution in [1.82, 2.24) is 15.2 Å². The van der Waals surface area contributed by atoms with E-state index >= 15 is 0 Å². The van der Waals surface area contributed by atoms with Crippen molar-refractivity contribution in [1.29, 1.82) is 0 Å². The van der Waals surface area contributed by atoms with Gasteiger partial charge in [-0.1, -0.05) is 25.3 Å². The zero-order valence-corrected chi connectivity index (χ0v) is 17.5. The van der Waals surface area contributed by atoms with Gasteiger partial charge < -0.3 is 4.90 Å². The highest BCUT2D eigenvalue weighted by molar-refractivity contribution is 7.74. The third-order valence-electron chi connectivity index (χ3n) is 5.86. The summed E-state index contributed by atoms with van der Waals surface area (Å²) in [6, 6.07) is 6.07. The Kier molecular flexibility index (Phi) is 9.14. The number of aromatic nitrogens is 1. The average Bonchev–Trinajstić information content (AvgIpc) is 2.74. The molecule has 0 aromatic carbocycles. The predicted molar refractivity (Wildman–Crippen MR) is 112 cm³/mol. The summed E-state index contributed by atoms with van der Waals surface area (Å²) < 4.78 is 25.5. The highest BCUT2D eigenvalue weighted by Crippen LogP contribution is 2.27. The first-order valence-electron chi connectivity index (χ1n) is 10.6. The fourth-order valence-electron chi connectivity index (χ4n) is 4.25. The van der Waals surface area contributed by atoms with Crippen molar-refractivity contribution in [2.75, 3.05) is 44.2 Å². The number of anilines is 1. The summed E-state index contributed by atoms with van der Waals surface area (Å²) in [5, 5.41) is 3.38. The van der Waals surface area contributed by atoms with E-state index in [1.165, 1.54) is 19.3 Å². The minimum atomic E-state index is -2.21. The molecule has 0 spiro atoms. The number of pyridine rings is 1. The molecule has 8 heteroatoms. The average molecular weight is 411 g/mol. The normalized spacial score (nSPS) is 21.5. The molecular weight excluding hydrogens is 376 g/mol. The molecule has 28 heavy (non-hydrogen) atoms. The lowest BCUT2D eigenvalue weighted by Crippen LogP contribution is -2.47. The summed E-state index contributed by atoms with van der Waals surface area (Å²) in [7, 11) is 0. The summed E-state index contributed by atoms with van der Waals surface area (Å²) in [6.45, 7) is 6.11. The zero-order valence-electron chi connectivity index (χ0n) is 16.7. The van der Waals surface area contributed by atoms with Crippen LogP contribution in [0.15, 0.2) is 24.4 Å². The van der Waals surface area contributed by atoms with Crippen LogP contribution >= 0.6 is 0 Å². The van der Waals surface area contributed by atoms with E-state index in [0.29, 0.717) is 5.92 Å². The summed E-state index contributed by atoms with van der Waals surface area (Å²) in [5.74, 6) is 1.42. The van der Waals surface area contributed by atoms with E-state index in [4.69, 9.17) is 8.74 Å². The molecule has 1 saturated heterocycles. The summed E-state index contributed by atoms with van der Waals surface area (Å²) >= 11 is -2.21. The van der Waals surface area contributed by atoms with Crippen molar-refractivity contribution in [2.24, 2.45) is 5.92 Å². The molecule has 2 atom stereocenters. The van der Waals surface area contributed by atoms with Gasteiger partial charge in [-0.25, -0.2) is 9.17 Å². The van der Waals surface area contributed by atoms with Gasteiger partial charge in [0.1, 0.15) is 12.0 Å². The van der Waals surface area contributed by atoms with Crippen molar-refractivity contribution in [3.05, 3.63) is 24.4 Å². The third-order valence-corrected chi connectivity index (χ3v) is 6.23. The monoisotopic (exact) mass is 410 g/mol. The standard InChI is InChI=1S/C20H34N4O3S/c25-28(26)27-20(18-8-2-1-3-9-18)22-12-6-7-13-23-14-16-24(17-15-23)19-10-4-5-11-21-19/h4-5,10-11,18,20,22H,1-3,6-9,12-17H2,(H,25,26). The van der Waals surface area contributed by atoms with Gasteiger partial charge in [-0.2, -0.15) is 4.21 Å². The van der Waals surface area contributed by atoms with Gasteiger partial charge in [-0.3, -0.25) is 14.8 Å². The van der Waals surface area contributed by atoms with Crippen LogP contribution in [-0.2, 0) is 15.5 Å². The van der Waals surface area contributed by atoms with Crippen LogP contribution in [-0.4, -0.2) is 64.1 Å². The lowest BCUT2D eigenvalue weighted by molar-refractivity contribution is 0.0812. The van der Waals surface area contributed by atoms with E-state index in [1.54, 1.807) is 0 Å². The van der Waals surface area contributed by atoms with Crippen LogP contribution < -0.4 is 10.2 Å². The van der Waals surface area contributed by atoms with Gasteiger partial charge in [0.05, 0.1) is 0 Å². The molecule has 2 N–H and O–H groups in total. The molecule has 0 radical (unpaired) electrons. The molecule has 1 aromatic rings. The fraction of sp³-hybridized carbons (Fsp3) is 0.750. The SMILES string of the molecule is O=S(O)OC(NCCCCN1CCN(c2ccccn2)CC1)C1CCCCC1. The van der Waals surface area contributed by atoms with Gasteiger partial charge >= 0.3 is 11.4 Å². The Hall–Kier alpha value is -1.06. The number of hydrogen-bond acceptors (Lipinski definition) is 6. The van der Waals surface area contributed by atoms with Gasteiger partial charge in [-0.05, 0) is 56.8 Å². The number of nitrogens with zero attached hydrogens (tertiary/aromatic N) is 3. The molecule has 7 nitrogen and oxygen atoms in total. The highest BCUT2D eigenvalue weighted by atomic mass is 32.2. The largest absolute Gasteiger partial charge is 0.354 e. The molecule has 1 aliphatic carbocycles. The van der Waals surface area contributed by atoms with Crippen LogP contribution in [0.4, 0.5) is 5.82 Å². The minimum Gasteiger partial charge on any atom is -0.354 e. The van der Waals surface area contributed by atoms with Crippen molar-refractivity contribution in [3.8, 4) is 0 Å². The van der Waals surface area contributed by atoms with Crippen molar-refractivity contribution in [2.45, 2.75) is 51.2 Å². The van der Waals surface area contributed by atoms with E-state index in [1.807, 2.05) is 18.3 Å². The summed E-state index contributed by atoms with van der Waals surface area (Å²) in [5.41, 5.74) is 0. The van der Waals surface area contributed by atoms with Crippen molar-refractivity contribution >= 4 is 17.2 Å². The van der Waals surface area contributed by atoms with Crippen LogP contribution in [0.5, 0.6) is 0 Å². The Morgan fingerprint density at radius 2 is 1.96 bits per heavy atom. The number of unbranched alkanes of at least 4 members (excludes halogenated alkanes) is 1. The lowest BCUT2D eigenvalue weighted by atomic mass is 9.88. The van der Waals surface area contributed by atoms with E-state index in [-0.39, 0.29) is 6.23 Å². The van der Waals surface area contributed by atoms with Crippen LogP contribution in [0.3, 0.4) is 0 Å². The van der Waals surface area contributed by atoms with Gasteiger partial charge in [0.2, 0.25) is 0 Å². The number of nitrogens with one attached hydrogen (secondary N) is 1. The van der Waals surface area contributed by atoms with Crippen molar-refractivity contribution in [3.63, 3.8) is 0 Å². The molecule has 1 aliphatic heterocycles.